The molecule has 1 aliphatic rings. The molecular weight excluding hydrogens is 110 g/mol. The second-order valence-electron chi connectivity index (χ2n) is 1.15. The highest BCUT2D eigenvalue weighted by Gasteiger charge is 2.03. The smallest absolute Gasteiger partial charge is 0.141 e. The van der Waals surface area contributed by atoms with Crippen LogP contribution in [0.5, 0.6) is 0 Å². The lowest BCUT2D eigenvalue weighted by molar-refractivity contribution is 0.644. The van der Waals surface area contributed by atoms with Gasteiger partial charge in [0, 0.05) is 6.20 Å². The van der Waals surface area contributed by atoms with E-state index in [2.05, 4.69) is 10.7 Å². The monoisotopic (exact) mass is 117 g/mol. The molecule has 0 radical (unpaired) electrons. The Hall–Kier alpha value is -0.190. The first-order valence-electron chi connectivity index (χ1n) is 1.96. The maximum absolute atomic E-state index is 5.06. The lowest BCUT2D eigenvalue weighted by atomic mass is 10.9. The first kappa shape index (κ1) is 4.96. The standard InChI is InChI=1S/C3H7N3S/c4-6-3-5-1-2-7-3/h1-3,5-6H,4H2. The molecule has 3 nitrogen and oxygen atoms in total. The van der Waals surface area contributed by atoms with Crippen LogP contribution in [0.1, 0.15) is 0 Å². The summed E-state index contributed by atoms with van der Waals surface area (Å²) in [6.45, 7) is 0. The number of hydrazine groups is 1. The van der Waals surface area contributed by atoms with Gasteiger partial charge in [-0.2, -0.15) is 0 Å². The third-order valence-electron chi connectivity index (χ3n) is 0.682. The number of nitrogens with one attached hydrogen (secondary N) is 2. The molecule has 0 aromatic carbocycles. The van der Waals surface area contributed by atoms with Crippen molar-refractivity contribution >= 4 is 11.8 Å². The molecular formula is C3H7N3S. The molecule has 4 heteroatoms. The highest BCUT2D eigenvalue weighted by Crippen LogP contribution is 2.10. The van der Waals surface area contributed by atoms with Gasteiger partial charge in [-0.05, 0) is 5.41 Å². The van der Waals surface area contributed by atoms with Crippen molar-refractivity contribution in [3.05, 3.63) is 11.6 Å². The Balaban J connectivity index is 2.22. The lowest BCUT2D eigenvalue weighted by Gasteiger charge is -2.05. The summed E-state index contributed by atoms with van der Waals surface area (Å²) in [4.78, 5) is 0. The van der Waals surface area contributed by atoms with Crippen LogP contribution in [0.15, 0.2) is 11.6 Å². The summed E-state index contributed by atoms with van der Waals surface area (Å²) >= 11 is 1.61. The third-order valence-corrected chi connectivity index (χ3v) is 1.52. The van der Waals surface area contributed by atoms with Crippen molar-refractivity contribution in [3.63, 3.8) is 0 Å². The number of hydrogen-bond acceptors (Lipinski definition) is 4. The molecule has 0 saturated carbocycles. The van der Waals surface area contributed by atoms with E-state index in [9.17, 15) is 0 Å². The Morgan fingerprint density at radius 3 is 3.00 bits per heavy atom. The minimum atomic E-state index is 0.181. The zero-order valence-corrected chi connectivity index (χ0v) is 4.53. The first-order valence-corrected chi connectivity index (χ1v) is 2.90. The molecule has 1 rings (SSSR count). The molecule has 0 aromatic heterocycles. The van der Waals surface area contributed by atoms with Crippen molar-refractivity contribution in [2.75, 3.05) is 0 Å². The van der Waals surface area contributed by atoms with E-state index in [0.29, 0.717) is 0 Å². The SMILES string of the molecule is NNC1NC=CS1. The maximum atomic E-state index is 5.06. The third kappa shape index (κ3) is 1.09. The summed E-state index contributed by atoms with van der Waals surface area (Å²) in [5.41, 5.74) is 2.73. The maximum Gasteiger partial charge on any atom is 0.141 e. The van der Waals surface area contributed by atoms with Crippen molar-refractivity contribution in [1.29, 1.82) is 0 Å². The molecule has 1 unspecified atom stereocenters. The van der Waals surface area contributed by atoms with Gasteiger partial charge in [-0.1, -0.05) is 11.8 Å². The first-order chi connectivity index (χ1) is 3.43. The van der Waals surface area contributed by atoms with Crippen LogP contribution in [0.2, 0.25) is 0 Å². The fourth-order valence-corrected chi connectivity index (χ4v) is 0.921. The van der Waals surface area contributed by atoms with Crippen molar-refractivity contribution < 1.29 is 0 Å². The van der Waals surface area contributed by atoms with Gasteiger partial charge in [0.05, 0.1) is 0 Å². The normalized spacial score (nSPS) is 27.9. The van der Waals surface area contributed by atoms with Crippen molar-refractivity contribution in [2.45, 2.75) is 5.50 Å². The largest absolute Gasteiger partial charge is 0.366 e. The molecule has 1 atom stereocenters. The topological polar surface area (TPSA) is 50.1 Å². The summed E-state index contributed by atoms with van der Waals surface area (Å²) in [7, 11) is 0. The highest BCUT2D eigenvalue weighted by molar-refractivity contribution is 8.02. The van der Waals surface area contributed by atoms with Gasteiger partial charge in [-0.3, -0.25) is 5.84 Å². The van der Waals surface area contributed by atoms with Crippen molar-refractivity contribution in [1.82, 2.24) is 10.7 Å². The zero-order valence-electron chi connectivity index (χ0n) is 3.72. The molecule has 0 saturated heterocycles. The van der Waals surface area contributed by atoms with E-state index >= 15 is 0 Å². The second-order valence-corrected chi connectivity index (χ2v) is 2.17. The van der Waals surface area contributed by atoms with Crippen LogP contribution in [0.4, 0.5) is 0 Å². The van der Waals surface area contributed by atoms with Gasteiger partial charge < -0.3 is 5.32 Å². The number of hydrogen-bond donors (Lipinski definition) is 3. The van der Waals surface area contributed by atoms with Crippen molar-refractivity contribution in [3.8, 4) is 0 Å². The van der Waals surface area contributed by atoms with Crippen LogP contribution in [-0.2, 0) is 0 Å². The van der Waals surface area contributed by atoms with Gasteiger partial charge in [-0.15, -0.1) is 0 Å². The van der Waals surface area contributed by atoms with E-state index < -0.39 is 0 Å². The molecule has 1 heterocycles. The average molecular weight is 117 g/mol. The zero-order chi connectivity index (χ0) is 5.11. The quantitative estimate of drug-likeness (QED) is 0.321. The van der Waals surface area contributed by atoms with Gasteiger partial charge in [0.2, 0.25) is 0 Å². The number of thioether (sulfide) groups is 1. The molecule has 4 N–H and O–H groups in total. The van der Waals surface area contributed by atoms with Crippen molar-refractivity contribution in [2.24, 2.45) is 5.84 Å². The molecule has 0 spiro atoms. The Bertz CT molecular complexity index is 74.2. The molecule has 0 amide bonds. The Morgan fingerprint density at radius 2 is 2.71 bits per heavy atom. The lowest BCUT2D eigenvalue weighted by Crippen LogP contribution is -2.38. The van der Waals surface area contributed by atoms with Crippen LogP contribution >= 0.6 is 11.8 Å². The van der Waals surface area contributed by atoms with Crippen LogP contribution in [0.3, 0.4) is 0 Å². The van der Waals surface area contributed by atoms with E-state index in [4.69, 9.17) is 5.84 Å². The number of rotatable bonds is 1. The Labute approximate surface area is 46.3 Å². The Morgan fingerprint density at radius 1 is 1.86 bits per heavy atom. The van der Waals surface area contributed by atoms with E-state index in [1.165, 1.54) is 0 Å². The minimum Gasteiger partial charge on any atom is -0.366 e. The van der Waals surface area contributed by atoms with Crippen LogP contribution in [0.25, 0.3) is 0 Å². The predicted molar refractivity (Wildman–Crippen MR) is 31.0 cm³/mol. The molecule has 0 aliphatic carbocycles. The minimum absolute atomic E-state index is 0.181. The fourth-order valence-electron chi connectivity index (χ4n) is 0.371. The molecule has 0 fully saturated rings. The summed E-state index contributed by atoms with van der Waals surface area (Å²) in [5, 5.41) is 4.90. The van der Waals surface area contributed by atoms with Crippen LogP contribution in [-0.4, -0.2) is 5.50 Å². The highest BCUT2D eigenvalue weighted by atomic mass is 32.2. The summed E-state index contributed by atoms with van der Waals surface area (Å²) < 4.78 is 0. The average Bonchev–Trinajstić information content (AvgIpc) is 2.14. The number of nitrogens with two attached hydrogens (primary N) is 1. The van der Waals surface area contributed by atoms with Gasteiger partial charge >= 0.3 is 0 Å². The van der Waals surface area contributed by atoms with E-state index in [0.717, 1.165) is 0 Å². The molecule has 0 bridgehead atoms. The van der Waals surface area contributed by atoms with Crippen LogP contribution < -0.4 is 16.6 Å². The summed E-state index contributed by atoms with van der Waals surface area (Å²) in [6, 6.07) is 0. The van der Waals surface area contributed by atoms with Gasteiger partial charge in [0.15, 0.2) is 0 Å². The van der Waals surface area contributed by atoms with E-state index in [-0.39, 0.29) is 5.50 Å². The van der Waals surface area contributed by atoms with Gasteiger partial charge in [0.25, 0.3) is 0 Å². The Kier molecular flexibility index (Phi) is 1.56. The summed E-state index contributed by atoms with van der Waals surface area (Å²) in [6.07, 6.45) is 1.86. The summed E-state index contributed by atoms with van der Waals surface area (Å²) in [5.74, 6) is 5.06. The molecule has 7 heavy (non-hydrogen) atoms. The van der Waals surface area contributed by atoms with Gasteiger partial charge in [-0.25, -0.2) is 5.43 Å². The predicted octanol–water partition coefficient (Wildman–Crippen LogP) is -0.459. The van der Waals surface area contributed by atoms with Gasteiger partial charge in [0.1, 0.15) is 5.50 Å². The van der Waals surface area contributed by atoms with E-state index in [1.807, 2.05) is 11.6 Å². The van der Waals surface area contributed by atoms with Crippen LogP contribution in [0, 0.1) is 0 Å². The molecule has 40 valence electrons. The van der Waals surface area contributed by atoms with E-state index in [1.54, 1.807) is 11.8 Å². The fraction of sp³-hybridized carbons (Fsp3) is 0.333. The second kappa shape index (κ2) is 2.20. The molecule has 1 aliphatic heterocycles. The molecule has 0 aromatic rings.